The number of aryl methyl sites for hydroxylation is 2. The van der Waals surface area contributed by atoms with Crippen LogP contribution in [0.5, 0.6) is 0 Å². The van der Waals surface area contributed by atoms with Crippen LogP contribution in [0.1, 0.15) is 36.5 Å². The molecule has 27 heavy (non-hydrogen) atoms. The molecule has 0 aliphatic rings. The van der Waals surface area contributed by atoms with Gasteiger partial charge in [0, 0.05) is 24.3 Å². The van der Waals surface area contributed by atoms with Crippen LogP contribution in [0.4, 0.5) is 0 Å². The lowest BCUT2D eigenvalue weighted by atomic mass is 9.95. The highest BCUT2D eigenvalue weighted by Gasteiger charge is 2.13. The SMILES string of the molecule is Cc1cc2oc(=O)cc(CSc3ncnc4c3cnn4C)c2cc1C(C)C. The minimum Gasteiger partial charge on any atom is -0.423 e. The lowest BCUT2D eigenvalue weighted by Crippen LogP contribution is -2.02. The molecule has 0 spiro atoms. The van der Waals surface area contributed by atoms with Gasteiger partial charge in [0.1, 0.15) is 16.9 Å². The van der Waals surface area contributed by atoms with Gasteiger partial charge in [-0.05, 0) is 41.7 Å². The summed E-state index contributed by atoms with van der Waals surface area (Å²) in [5.74, 6) is 1.02. The quantitative estimate of drug-likeness (QED) is 0.300. The summed E-state index contributed by atoms with van der Waals surface area (Å²) in [5.41, 5.74) is 4.45. The fourth-order valence-corrected chi connectivity index (χ4v) is 4.29. The van der Waals surface area contributed by atoms with Gasteiger partial charge >= 0.3 is 5.63 Å². The molecule has 6 nitrogen and oxygen atoms in total. The first kappa shape index (κ1) is 17.7. The van der Waals surface area contributed by atoms with Crippen molar-refractivity contribution in [3.63, 3.8) is 0 Å². The van der Waals surface area contributed by atoms with Gasteiger partial charge in [0.15, 0.2) is 5.65 Å². The van der Waals surface area contributed by atoms with E-state index in [0.29, 0.717) is 17.3 Å². The molecule has 4 aromatic rings. The minimum atomic E-state index is -0.330. The van der Waals surface area contributed by atoms with Crippen molar-refractivity contribution in [2.24, 2.45) is 7.05 Å². The summed E-state index contributed by atoms with van der Waals surface area (Å²) in [6.07, 6.45) is 3.32. The Morgan fingerprint density at radius 1 is 1.19 bits per heavy atom. The summed E-state index contributed by atoms with van der Waals surface area (Å²) in [6, 6.07) is 5.69. The molecule has 0 saturated carbocycles. The van der Waals surface area contributed by atoms with E-state index in [1.807, 2.05) is 13.1 Å². The lowest BCUT2D eigenvalue weighted by molar-refractivity contribution is 0.559. The van der Waals surface area contributed by atoms with Gasteiger partial charge in [0.25, 0.3) is 0 Å². The van der Waals surface area contributed by atoms with E-state index in [1.165, 1.54) is 5.56 Å². The number of rotatable bonds is 4. The number of thioether (sulfide) groups is 1. The van der Waals surface area contributed by atoms with Crippen molar-refractivity contribution in [2.45, 2.75) is 37.5 Å². The molecule has 138 valence electrons. The molecule has 0 saturated heterocycles. The molecule has 0 radical (unpaired) electrons. The Kier molecular flexibility index (Phi) is 4.47. The zero-order chi connectivity index (χ0) is 19.1. The van der Waals surface area contributed by atoms with Crippen LogP contribution in [0.3, 0.4) is 0 Å². The molecule has 1 aromatic carbocycles. The number of fused-ring (bicyclic) bond motifs is 2. The monoisotopic (exact) mass is 380 g/mol. The second-order valence-electron chi connectivity index (χ2n) is 6.92. The maximum Gasteiger partial charge on any atom is 0.336 e. The Bertz CT molecular complexity index is 1210. The molecule has 0 aliphatic heterocycles. The topological polar surface area (TPSA) is 73.8 Å². The molecule has 3 aromatic heterocycles. The fraction of sp³-hybridized carbons (Fsp3) is 0.300. The first-order valence-electron chi connectivity index (χ1n) is 8.77. The Labute approximate surface area is 160 Å². The number of aromatic nitrogens is 4. The van der Waals surface area contributed by atoms with Gasteiger partial charge in [-0.1, -0.05) is 13.8 Å². The zero-order valence-electron chi connectivity index (χ0n) is 15.7. The van der Waals surface area contributed by atoms with Crippen LogP contribution in [0, 0.1) is 6.92 Å². The highest BCUT2D eigenvalue weighted by atomic mass is 32.2. The van der Waals surface area contributed by atoms with E-state index in [0.717, 1.165) is 32.6 Å². The van der Waals surface area contributed by atoms with Crippen LogP contribution in [0.15, 0.2) is 45.0 Å². The predicted octanol–water partition coefficient (Wildman–Crippen LogP) is 4.19. The van der Waals surface area contributed by atoms with Crippen molar-refractivity contribution in [3.8, 4) is 0 Å². The van der Waals surface area contributed by atoms with E-state index in [-0.39, 0.29) is 5.63 Å². The van der Waals surface area contributed by atoms with E-state index >= 15 is 0 Å². The largest absolute Gasteiger partial charge is 0.423 e. The average molecular weight is 380 g/mol. The van der Waals surface area contributed by atoms with Crippen LogP contribution in [-0.4, -0.2) is 19.7 Å². The second kappa shape index (κ2) is 6.81. The van der Waals surface area contributed by atoms with Crippen molar-refractivity contribution in [1.82, 2.24) is 19.7 Å². The molecular formula is C20H20N4O2S. The summed E-state index contributed by atoms with van der Waals surface area (Å²) >= 11 is 1.57. The Balaban J connectivity index is 1.76. The first-order valence-corrected chi connectivity index (χ1v) is 9.75. The molecular weight excluding hydrogens is 360 g/mol. The van der Waals surface area contributed by atoms with Crippen molar-refractivity contribution in [3.05, 3.63) is 57.8 Å². The molecule has 0 atom stereocenters. The van der Waals surface area contributed by atoms with Crippen LogP contribution in [-0.2, 0) is 12.8 Å². The number of benzene rings is 1. The van der Waals surface area contributed by atoms with Crippen LogP contribution < -0.4 is 5.63 Å². The molecule has 3 heterocycles. The summed E-state index contributed by atoms with van der Waals surface area (Å²) in [4.78, 5) is 20.7. The minimum absolute atomic E-state index is 0.330. The molecule has 0 N–H and O–H groups in total. The Morgan fingerprint density at radius 2 is 2.00 bits per heavy atom. The smallest absolute Gasteiger partial charge is 0.336 e. The van der Waals surface area contributed by atoms with Gasteiger partial charge < -0.3 is 4.42 Å². The van der Waals surface area contributed by atoms with E-state index in [9.17, 15) is 4.79 Å². The normalized spacial score (nSPS) is 11.7. The van der Waals surface area contributed by atoms with Gasteiger partial charge in [-0.3, -0.25) is 4.68 Å². The van der Waals surface area contributed by atoms with Crippen molar-refractivity contribution in [2.75, 3.05) is 0 Å². The standard InChI is InChI=1S/C20H20N4O2S/c1-11(2)14-7-15-13(6-18(25)26-17(15)5-12(14)3)9-27-20-16-8-23-24(4)19(16)21-10-22-20/h5-8,10-11H,9H2,1-4H3. The van der Waals surface area contributed by atoms with Gasteiger partial charge in [0.05, 0.1) is 11.6 Å². The number of nitrogens with zero attached hydrogens (tertiary/aromatic N) is 4. The highest BCUT2D eigenvalue weighted by molar-refractivity contribution is 7.98. The lowest BCUT2D eigenvalue weighted by Gasteiger charge is -2.13. The highest BCUT2D eigenvalue weighted by Crippen LogP contribution is 2.31. The molecule has 0 fully saturated rings. The molecule has 0 unspecified atom stereocenters. The average Bonchev–Trinajstić information content (AvgIpc) is 3.00. The summed E-state index contributed by atoms with van der Waals surface area (Å²) in [7, 11) is 1.86. The van der Waals surface area contributed by atoms with Crippen LogP contribution in [0.2, 0.25) is 0 Å². The van der Waals surface area contributed by atoms with E-state index in [4.69, 9.17) is 4.42 Å². The van der Waals surface area contributed by atoms with Gasteiger partial charge in [0.2, 0.25) is 0 Å². The second-order valence-corrected chi connectivity index (χ2v) is 7.89. The van der Waals surface area contributed by atoms with Crippen molar-refractivity contribution < 1.29 is 4.42 Å². The van der Waals surface area contributed by atoms with Gasteiger partial charge in [-0.2, -0.15) is 5.10 Å². The van der Waals surface area contributed by atoms with Crippen LogP contribution >= 0.6 is 11.8 Å². The number of hydrogen-bond acceptors (Lipinski definition) is 6. The van der Waals surface area contributed by atoms with Crippen molar-refractivity contribution in [1.29, 1.82) is 0 Å². The fourth-order valence-electron chi connectivity index (χ4n) is 3.33. The maximum atomic E-state index is 12.0. The third kappa shape index (κ3) is 3.23. The molecule has 0 bridgehead atoms. The first-order chi connectivity index (χ1) is 12.9. The van der Waals surface area contributed by atoms with E-state index in [1.54, 1.807) is 35.0 Å². The molecule has 0 aliphatic carbocycles. The van der Waals surface area contributed by atoms with E-state index in [2.05, 4.69) is 41.9 Å². The maximum absolute atomic E-state index is 12.0. The Hall–Kier alpha value is -2.67. The van der Waals surface area contributed by atoms with Gasteiger partial charge in [-0.15, -0.1) is 11.8 Å². The van der Waals surface area contributed by atoms with E-state index < -0.39 is 0 Å². The summed E-state index contributed by atoms with van der Waals surface area (Å²) in [5, 5.41) is 7.00. The molecule has 4 rings (SSSR count). The predicted molar refractivity (Wildman–Crippen MR) is 107 cm³/mol. The van der Waals surface area contributed by atoms with Gasteiger partial charge in [-0.25, -0.2) is 14.8 Å². The van der Waals surface area contributed by atoms with Crippen molar-refractivity contribution >= 4 is 33.8 Å². The van der Waals surface area contributed by atoms with Crippen LogP contribution in [0.25, 0.3) is 22.0 Å². The summed E-state index contributed by atoms with van der Waals surface area (Å²) in [6.45, 7) is 6.39. The zero-order valence-corrected chi connectivity index (χ0v) is 16.5. The third-order valence-electron chi connectivity index (χ3n) is 4.70. The molecule has 7 heteroatoms. The molecule has 0 amide bonds. The third-order valence-corrected chi connectivity index (χ3v) is 5.75. The number of hydrogen-bond donors (Lipinski definition) is 0. The Morgan fingerprint density at radius 3 is 2.78 bits per heavy atom. The summed E-state index contributed by atoms with van der Waals surface area (Å²) < 4.78 is 7.17.